The first-order valence-corrected chi connectivity index (χ1v) is 7.73. The Morgan fingerprint density at radius 2 is 2.21 bits per heavy atom. The first-order valence-electron chi connectivity index (χ1n) is 5.95. The van der Waals surface area contributed by atoms with Crippen molar-refractivity contribution in [3.8, 4) is 0 Å². The Bertz CT molecular complexity index is 521. The van der Waals surface area contributed by atoms with Crippen LogP contribution in [0, 0.1) is 0 Å². The second-order valence-electron chi connectivity index (χ2n) is 4.43. The van der Waals surface area contributed by atoms with Gasteiger partial charge in [0.2, 0.25) is 5.91 Å². The Hall–Kier alpha value is -1.01. The first-order chi connectivity index (χ1) is 8.99. The maximum absolute atomic E-state index is 12.2. The zero-order valence-corrected chi connectivity index (χ0v) is 12.8. The molecule has 19 heavy (non-hydrogen) atoms. The summed E-state index contributed by atoms with van der Waals surface area (Å²) in [4.78, 5) is 25.6. The molecule has 4 nitrogen and oxygen atoms in total. The minimum atomic E-state index is -0.943. The van der Waals surface area contributed by atoms with E-state index in [0.29, 0.717) is 0 Å². The van der Waals surface area contributed by atoms with E-state index < -0.39 is 5.97 Å². The fourth-order valence-corrected chi connectivity index (χ4v) is 3.43. The number of carbonyl (C=O) groups excluding carboxylic acids is 1. The smallest absolute Gasteiger partial charge is 0.303 e. The highest BCUT2D eigenvalue weighted by atomic mass is 79.9. The molecule has 0 saturated carbocycles. The van der Waals surface area contributed by atoms with Gasteiger partial charge < -0.3 is 10.0 Å². The first kappa shape index (κ1) is 14.4. The lowest BCUT2D eigenvalue weighted by atomic mass is 10.2. The van der Waals surface area contributed by atoms with Gasteiger partial charge >= 0.3 is 5.97 Å². The van der Waals surface area contributed by atoms with E-state index in [-0.39, 0.29) is 24.8 Å². The third kappa shape index (κ3) is 3.30. The van der Waals surface area contributed by atoms with E-state index in [1.54, 1.807) is 16.7 Å². The van der Waals surface area contributed by atoms with E-state index in [4.69, 9.17) is 5.11 Å². The predicted molar refractivity (Wildman–Crippen MR) is 78.7 cm³/mol. The van der Waals surface area contributed by atoms with E-state index in [9.17, 15) is 9.59 Å². The molecular formula is C13H14BrNO3S. The van der Waals surface area contributed by atoms with Crippen molar-refractivity contribution in [1.82, 2.24) is 0 Å². The maximum atomic E-state index is 12.2. The molecule has 0 bridgehead atoms. The minimum Gasteiger partial charge on any atom is -0.481 e. The lowest BCUT2D eigenvalue weighted by Gasteiger charge is -2.35. The Morgan fingerprint density at radius 1 is 1.47 bits per heavy atom. The number of anilines is 1. The van der Waals surface area contributed by atoms with Crippen LogP contribution in [0.15, 0.2) is 27.6 Å². The van der Waals surface area contributed by atoms with Crippen LogP contribution in [0.2, 0.25) is 0 Å². The van der Waals surface area contributed by atoms with Gasteiger partial charge in [-0.1, -0.05) is 15.9 Å². The number of hydrogen-bond acceptors (Lipinski definition) is 3. The van der Waals surface area contributed by atoms with Crippen LogP contribution in [0.5, 0.6) is 0 Å². The van der Waals surface area contributed by atoms with Gasteiger partial charge in [-0.25, -0.2) is 0 Å². The molecule has 0 aliphatic carbocycles. The Kier molecular flexibility index (Phi) is 4.52. The SMILES string of the molecule is CC1CSc2ccc(Br)cc2N1C(=O)CCC(=O)O. The summed E-state index contributed by atoms with van der Waals surface area (Å²) in [6, 6.07) is 5.92. The molecule has 0 aromatic heterocycles. The summed E-state index contributed by atoms with van der Waals surface area (Å²) in [5, 5.41) is 8.68. The number of carbonyl (C=O) groups is 2. The van der Waals surface area contributed by atoms with Crippen LogP contribution in [0.3, 0.4) is 0 Å². The summed E-state index contributed by atoms with van der Waals surface area (Å²) in [5.41, 5.74) is 0.869. The largest absolute Gasteiger partial charge is 0.481 e. The Morgan fingerprint density at radius 3 is 2.89 bits per heavy atom. The number of carboxylic acids is 1. The predicted octanol–water partition coefficient (Wildman–Crippen LogP) is 3.14. The van der Waals surface area contributed by atoms with Gasteiger partial charge in [0.1, 0.15) is 0 Å². The van der Waals surface area contributed by atoms with Crippen LogP contribution < -0.4 is 4.90 Å². The van der Waals surface area contributed by atoms with Crippen LogP contribution in [0.4, 0.5) is 5.69 Å². The second kappa shape index (κ2) is 5.96. The molecule has 2 rings (SSSR count). The number of halogens is 1. The van der Waals surface area contributed by atoms with Gasteiger partial charge in [-0.2, -0.15) is 0 Å². The molecule has 1 aliphatic heterocycles. The van der Waals surface area contributed by atoms with Gasteiger partial charge in [0, 0.05) is 27.6 Å². The lowest BCUT2D eigenvalue weighted by molar-refractivity contribution is -0.138. The molecule has 1 aliphatic rings. The van der Waals surface area contributed by atoms with Gasteiger partial charge in [-0.05, 0) is 25.1 Å². The number of aliphatic carboxylic acids is 1. The van der Waals surface area contributed by atoms with Crippen molar-refractivity contribution >= 4 is 45.3 Å². The average Bonchev–Trinajstić information content (AvgIpc) is 2.35. The number of benzene rings is 1. The maximum Gasteiger partial charge on any atom is 0.303 e. The zero-order valence-electron chi connectivity index (χ0n) is 10.4. The zero-order chi connectivity index (χ0) is 14.0. The molecule has 0 radical (unpaired) electrons. The van der Waals surface area contributed by atoms with Crippen molar-refractivity contribution in [3.63, 3.8) is 0 Å². The molecule has 1 heterocycles. The molecule has 0 fully saturated rings. The average molecular weight is 344 g/mol. The molecule has 0 saturated heterocycles. The Balaban J connectivity index is 2.26. The number of hydrogen-bond donors (Lipinski definition) is 1. The third-order valence-electron chi connectivity index (χ3n) is 2.92. The summed E-state index contributed by atoms with van der Waals surface area (Å²) < 4.78 is 0.914. The highest BCUT2D eigenvalue weighted by Crippen LogP contribution is 2.39. The molecule has 1 aromatic rings. The van der Waals surface area contributed by atoms with Crippen molar-refractivity contribution in [2.45, 2.75) is 30.7 Å². The van der Waals surface area contributed by atoms with Gasteiger partial charge in [-0.15, -0.1) is 11.8 Å². The normalized spacial score (nSPS) is 18.0. The second-order valence-corrected chi connectivity index (χ2v) is 6.41. The van der Waals surface area contributed by atoms with Crippen LogP contribution in [0.1, 0.15) is 19.8 Å². The molecule has 0 spiro atoms. The number of rotatable bonds is 3. The molecule has 1 aromatic carbocycles. The van der Waals surface area contributed by atoms with Crippen LogP contribution in [-0.2, 0) is 9.59 Å². The molecule has 1 amide bonds. The van der Waals surface area contributed by atoms with Gasteiger partial charge in [-0.3, -0.25) is 9.59 Å². The number of nitrogens with zero attached hydrogens (tertiary/aromatic N) is 1. The summed E-state index contributed by atoms with van der Waals surface area (Å²) in [5.74, 6) is -0.246. The lowest BCUT2D eigenvalue weighted by Crippen LogP contribution is -2.42. The van der Waals surface area contributed by atoms with E-state index in [0.717, 1.165) is 20.8 Å². The highest BCUT2D eigenvalue weighted by Gasteiger charge is 2.28. The van der Waals surface area contributed by atoms with Crippen molar-refractivity contribution in [3.05, 3.63) is 22.7 Å². The topological polar surface area (TPSA) is 57.6 Å². The molecule has 1 unspecified atom stereocenters. The summed E-state index contributed by atoms with van der Waals surface area (Å²) in [6.07, 6.45) is -0.0885. The number of fused-ring (bicyclic) bond motifs is 1. The Labute approximate surface area is 124 Å². The van der Waals surface area contributed by atoms with E-state index >= 15 is 0 Å². The fourth-order valence-electron chi connectivity index (χ4n) is 2.04. The number of carboxylic acid groups (broad SMARTS) is 1. The van der Waals surface area contributed by atoms with Crippen LogP contribution in [-0.4, -0.2) is 28.8 Å². The fraction of sp³-hybridized carbons (Fsp3) is 0.385. The molecule has 102 valence electrons. The minimum absolute atomic E-state index is 0.0380. The standard InChI is InChI=1S/C13H14BrNO3S/c1-8-7-19-11-3-2-9(14)6-10(11)15(8)12(16)4-5-13(17)18/h2-3,6,8H,4-5,7H2,1H3,(H,17,18). The van der Waals surface area contributed by atoms with Gasteiger partial charge in [0.25, 0.3) is 0 Å². The molecule has 1 atom stereocenters. The number of amides is 1. The molecule has 1 N–H and O–H groups in total. The van der Waals surface area contributed by atoms with E-state index in [1.165, 1.54) is 0 Å². The van der Waals surface area contributed by atoms with Gasteiger partial charge in [0.15, 0.2) is 0 Å². The monoisotopic (exact) mass is 343 g/mol. The van der Waals surface area contributed by atoms with Crippen molar-refractivity contribution in [1.29, 1.82) is 0 Å². The quantitative estimate of drug-likeness (QED) is 0.915. The number of thioether (sulfide) groups is 1. The van der Waals surface area contributed by atoms with Crippen molar-refractivity contribution < 1.29 is 14.7 Å². The van der Waals surface area contributed by atoms with Crippen LogP contribution in [0.25, 0.3) is 0 Å². The van der Waals surface area contributed by atoms with Crippen molar-refractivity contribution in [2.24, 2.45) is 0 Å². The van der Waals surface area contributed by atoms with E-state index in [2.05, 4.69) is 15.9 Å². The third-order valence-corrected chi connectivity index (χ3v) is 4.72. The summed E-state index contributed by atoms with van der Waals surface area (Å²) in [6.45, 7) is 1.98. The highest BCUT2D eigenvalue weighted by molar-refractivity contribution is 9.10. The van der Waals surface area contributed by atoms with Gasteiger partial charge in [0.05, 0.1) is 12.1 Å². The molecular weight excluding hydrogens is 330 g/mol. The van der Waals surface area contributed by atoms with E-state index in [1.807, 2.05) is 25.1 Å². The van der Waals surface area contributed by atoms with Crippen LogP contribution >= 0.6 is 27.7 Å². The summed E-state index contributed by atoms with van der Waals surface area (Å²) >= 11 is 5.13. The molecule has 6 heteroatoms. The van der Waals surface area contributed by atoms with Crippen molar-refractivity contribution in [2.75, 3.05) is 10.7 Å². The summed E-state index contributed by atoms with van der Waals surface area (Å²) in [7, 11) is 0.